The zero-order valence-electron chi connectivity index (χ0n) is 18.6. The summed E-state index contributed by atoms with van der Waals surface area (Å²) in [6.07, 6.45) is 3.10. The van der Waals surface area contributed by atoms with E-state index in [0.29, 0.717) is 11.4 Å². The summed E-state index contributed by atoms with van der Waals surface area (Å²) < 4.78 is 25.6. The van der Waals surface area contributed by atoms with Crippen LogP contribution in [0.25, 0.3) is 5.69 Å². The fourth-order valence-corrected chi connectivity index (χ4v) is 3.46. The summed E-state index contributed by atoms with van der Waals surface area (Å²) in [7, 11) is 0. The first-order valence-corrected chi connectivity index (χ1v) is 10.6. The van der Waals surface area contributed by atoms with Crippen LogP contribution in [0.1, 0.15) is 34.8 Å². The van der Waals surface area contributed by atoms with Crippen LogP contribution in [0.4, 0.5) is 10.1 Å². The number of hydrogen-bond acceptors (Lipinski definition) is 5. The van der Waals surface area contributed by atoms with Gasteiger partial charge < -0.3 is 19.8 Å². The van der Waals surface area contributed by atoms with Crippen molar-refractivity contribution in [3.05, 3.63) is 96.0 Å². The molecule has 0 aliphatic rings. The van der Waals surface area contributed by atoms with Crippen molar-refractivity contribution < 1.29 is 23.1 Å². The van der Waals surface area contributed by atoms with E-state index >= 15 is 0 Å². The highest BCUT2D eigenvalue weighted by Gasteiger charge is 2.17. The molecular weight excluding hydrogens is 439 g/mol. The van der Waals surface area contributed by atoms with Crippen LogP contribution in [0.5, 0.6) is 5.75 Å². The monoisotopic (exact) mass is 462 g/mol. The molecule has 34 heavy (non-hydrogen) atoms. The second-order valence-electron chi connectivity index (χ2n) is 7.61. The van der Waals surface area contributed by atoms with Crippen molar-refractivity contribution in [3.63, 3.8) is 0 Å². The number of carbonyl (C=O) groups is 2. The van der Waals surface area contributed by atoms with E-state index in [9.17, 15) is 14.0 Å². The Morgan fingerprint density at radius 3 is 2.68 bits per heavy atom. The lowest BCUT2D eigenvalue weighted by Gasteiger charge is -2.15. The first-order valence-electron chi connectivity index (χ1n) is 10.6. The van der Waals surface area contributed by atoms with E-state index in [2.05, 4.69) is 15.7 Å². The van der Waals surface area contributed by atoms with Crippen molar-refractivity contribution in [3.8, 4) is 11.4 Å². The number of furan rings is 1. The van der Waals surface area contributed by atoms with E-state index in [1.807, 2.05) is 13.8 Å². The number of ether oxygens (including phenoxy) is 1. The molecule has 9 heteroatoms. The minimum Gasteiger partial charge on any atom is -0.484 e. The molecule has 2 heterocycles. The molecule has 4 aromatic rings. The van der Waals surface area contributed by atoms with Gasteiger partial charge in [0, 0.05) is 23.0 Å². The molecule has 4 rings (SSSR count). The molecule has 0 fully saturated rings. The third kappa shape index (κ3) is 5.32. The molecular formula is C25H23FN4O4. The molecule has 1 unspecified atom stereocenters. The summed E-state index contributed by atoms with van der Waals surface area (Å²) in [4.78, 5) is 24.6. The SMILES string of the molecule is Cc1c(C(C)NC(=O)COc2cccc(NC(=O)c3ccco3)c2)cnn1-c1ccc(F)cc1. The number of benzene rings is 2. The maximum absolute atomic E-state index is 13.2. The average molecular weight is 462 g/mol. The lowest BCUT2D eigenvalue weighted by molar-refractivity contribution is -0.123. The molecule has 2 aromatic heterocycles. The van der Waals surface area contributed by atoms with Gasteiger partial charge in [0.1, 0.15) is 11.6 Å². The number of hydrogen-bond donors (Lipinski definition) is 2. The zero-order valence-corrected chi connectivity index (χ0v) is 18.6. The molecule has 2 aromatic carbocycles. The molecule has 0 bridgehead atoms. The van der Waals surface area contributed by atoms with Crippen molar-refractivity contribution in [2.24, 2.45) is 0 Å². The number of rotatable bonds is 8. The normalized spacial score (nSPS) is 11.6. The fraction of sp³-hybridized carbons (Fsp3) is 0.160. The third-order valence-corrected chi connectivity index (χ3v) is 5.17. The summed E-state index contributed by atoms with van der Waals surface area (Å²) >= 11 is 0. The van der Waals surface area contributed by atoms with E-state index in [-0.39, 0.29) is 36.0 Å². The second kappa shape index (κ2) is 10.0. The topological polar surface area (TPSA) is 98.4 Å². The fourth-order valence-electron chi connectivity index (χ4n) is 3.46. The van der Waals surface area contributed by atoms with Crippen LogP contribution >= 0.6 is 0 Å². The number of anilines is 1. The number of nitrogens with zero attached hydrogens (tertiary/aromatic N) is 2. The van der Waals surface area contributed by atoms with Crippen molar-refractivity contribution in [2.75, 3.05) is 11.9 Å². The van der Waals surface area contributed by atoms with E-state index in [1.54, 1.807) is 59.4 Å². The molecule has 2 amide bonds. The number of nitrogens with one attached hydrogen (secondary N) is 2. The molecule has 0 aliphatic heterocycles. The molecule has 174 valence electrons. The van der Waals surface area contributed by atoms with Crippen molar-refractivity contribution in [1.29, 1.82) is 0 Å². The summed E-state index contributed by atoms with van der Waals surface area (Å²) in [5.74, 6) is -0.394. The van der Waals surface area contributed by atoms with Crippen molar-refractivity contribution in [2.45, 2.75) is 19.9 Å². The molecule has 0 radical (unpaired) electrons. The Balaban J connectivity index is 1.33. The molecule has 1 atom stereocenters. The first-order chi connectivity index (χ1) is 16.4. The van der Waals surface area contributed by atoms with Crippen LogP contribution in [0.15, 0.2) is 77.5 Å². The number of aromatic nitrogens is 2. The Morgan fingerprint density at radius 1 is 1.15 bits per heavy atom. The number of carbonyl (C=O) groups excluding carboxylic acids is 2. The van der Waals surface area contributed by atoms with E-state index in [1.165, 1.54) is 18.4 Å². The highest BCUT2D eigenvalue weighted by molar-refractivity contribution is 6.02. The van der Waals surface area contributed by atoms with Crippen LogP contribution in [0.3, 0.4) is 0 Å². The molecule has 0 saturated heterocycles. The highest BCUT2D eigenvalue weighted by Crippen LogP contribution is 2.21. The van der Waals surface area contributed by atoms with Crippen molar-refractivity contribution in [1.82, 2.24) is 15.1 Å². The van der Waals surface area contributed by atoms with Crippen LogP contribution in [0.2, 0.25) is 0 Å². The summed E-state index contributed by atoms with van der Waals surface area (Å²) in [6.45, 7) is 3.53. The lowest BCUT2D eigenvalue weighted by Crippen LogP contribution is -2.31. The van der Waals surface area contributed by atoms with Gasteiger partial charge in [0.25, 0.3) is 11.8 Å². The average Bonchev–Trinajstić information content (AvgIpc) is 3.49. The second-order valence-corrected chi connectivity index (χ2v) is 7.61. The van der Waals surface area contributed by atoms with E-state index in [0.717, 1.165) is 16.9 Å². The predicted molar refractivity (Wildman–Crippen MR) is 123 cm³/mol. The lowest BCUT2D eigenvalue weighted by atomic mass is 10.1. The summed E-state index contributed by atoms with van der Waals surface area (Å²) in [5.41, 5.74) is 2.91. The summed E-state index contributed by atoms with van der Waals surface area (Å²) in [6, 6.07) is 15.6. The summed E-state index contributed by atoms with van der Waals surface area (Å²) in [5, 5.41) is 9.95. The van der Waals surface area contributed by atoms with Gasteiger partial charge in [-0.2, -0.15) is 5.10 Å². The maximum Gasteiger partial charge on any atom is 0.291 e. The van der Waals surface area contributed by atoms with Crippen LogP contribution in [-0.4, -0.2) is 28.2 Å². The first kappa shape index (κ1) is 22.8. The molecule has 0 spiro atoms. The van der Waals surface area contributed by atoms with Gasteiger partial charge in [-0.25, -0.2) is 9.07 Å². The van der Waals surface area contributed by atoms with Gasteiger partial charge in [0.05, 0.1) is 24.2 Å². The van der Waals surface area contributed by atoms with Gasteiger partial charge in [0.15, 0.2) is 12.4 Å². The van der Waals surface area contributed by atoms with E-state index < -0.39 is 0 Å². The van der Waals surface area contributed by atoms with Crippen LogP contribution in [0, 0.1) is 12.7 Å². The molecule has 0 aliphatic carbocycles. The van der Waals surface area contributed by atoms with Crippen LogP contribution < -0.4 is 15.4 Å². The van der Waals surface area contributed by atoms with Gasteiger partial charge >= 0.3 is 0 Å². The minimum absolute atomic E-state index is 0.192. The van der Waals surface area contributed by atoms with E-state index in [4.69, 9.17) is 9.15 Å². The van der Waals surface area contributed by atoms with Gasteiger partial charge in [-0.15, -0.1) is 0 Å². The Hall–Kier alpha value is -4.40. The van der Waals surface area contributed by atoms with Gasteiger partial charge in [-0.05, 0) is 62.4 Å². The highest BCUT2D eigenvalue weighted by atomic mass is 19.1. The van der Waals surface area contributed by atoms with Gasteiger partial charge in [-0.3, -0.25) is 9.59 Å². The van der Waals surface area contributed by atoms with Crippen molar-refractivity contribution >= 4 is 17.5 Å². The number of amides is 2. The Labute approximate surface area is 195 Å². The minimum atomic E-state index is -0.384. The van der Waals surface area contributed by atoms with Gasteiger partial charge in [0.2, 0.25) is 0 Å². The standard InChI is InChI=1S/C25H23FN4O4/c1-16(22-14-27-30(17(22)2)20-10-8-18(26)9-11-20)28-24(31)15-34-21-6-3-5-19(13-21)29-25(32)23-7-4-12-33-23/h3-14,16H,15H2,1-2H3,(H,28,31)(H,29,32). The third-order valence-electron chi connectivity index (χ3n) is 5.17. The molecule has 8 nitrogen and oxygen atoms in total. The number of halogens is 1. The quantitative estimate of drug-likeness (QED) is 0.404. The Bertz CT molecular complexity index is 1280. The smallest absolute Gasteiger partial charge is 0.291 e. The Morgan fingerprint density at radius 2 is 1.94 bits per heavy atom. The zero-order chi connectivity index (χ0) is 24.1. The van der Waals surface area contributed by atoms with Gasteiger partial charge in [-0.1, -0.05) is 6.07 Å². The molecule has 2 N–H and O–H groups in total. The Kier molecular flexibility index (Phi) is 6.72. The van der Waals surface area contributed by atoms with Crippen LogP contribution in [-0.2, 0) is 4.79 Å². The largest absolute Gasteiger partial charge is 0.484 e. The maximum atomic E-state index is 13.2. The molecule has 0 saturated carbocycles. The predicted octanol–water partition coefficient (Wildman–Crippen LogP) is 4.42.